The summed E-state index contributed by atoms with van der Waals surface area (Å²) in [5.41, 5.74) is -0.269. The molecule has 0 aromatic rings. The van der Waals surface area contributed by atoms with Crippen LogP contribution in [0.2, 0.25) is 0 Å². The van der Waals surface area contributed by atoms with Gasteiger partial charge in [-0.1, -0.05) is 25.3 Å². The fourth-order valence-corrected chi connectivity index (χ4v) is 1.02. The van der Waals surface area contributed by atoms with Gasteiger partial charge < -0.3 is 10.1 Å². The van der Waals surface area contributed by atoms with Crippen molar-refractivity contribution in [2.75, 3.05) is 6.54 Å². The molecule has 0 aromatic heterocycles. The number of rotatable bonds is 1. The molecule has 3 radical (unpaired) electrons. The van der Waals surface area contributed by atoms with Crippen LogP contribution in [-0.2, 0) is 37.5 Å². The SMILES string of the molecule is [B]C(=O)C1CCCC[N-]1.[Y]. The number of nitrogens with zero attached hydrogens (tertiary/aromatic N) is 1. The van der Waals surface area contributed by atoms with E-state index in [0.717, 1.165) is 25.8 Å². The van der Waals surface area contributed by atoms with Crippen molar-refractivity contribution in [2.24, 2.45) is 0 Å². The Hall–Kier alpha value is 0.799. The molecule has 51 valence electrons. The molecule has 0 saturated carbocycles. The zero-order valence-corrected chi connectivity index (χ0v) is 8.75. The van der Waals surface area contributed by atoms with Gasteiger partial charge in [0.05, 0.1) is 5.68 Å². The number of hydrogen-bond acceptors (Lipinski definition) is 1. The average Bonchev–Trinajstić information content (AvgIpc) is 1.90. The molecular formula is C6H9BNOY-. The first-order valence-corrected chi connectivity index (χ1v) is 3.26. The summed E-state index contributed by atoms with van der Waals surface area (Å²) in [4.78, 5) is 10.5. The van der Waals surface area contributed by atoms with Crippen LogP contribution >= 0.6 is 0 Å². The summed E-state index contributed by atoms with van der Waals surface area (Å²) in [6.07, 6.45) is 3.07. The molecule has 1 saturated heterocycles. The molecule has 1 heterocycles. The molecule has 10 heavy (non-hydrogen) atoms. The van der Waals surface area contributed by atoms with Crippen molar-refractivity contribution < 1.29 is 37.5 Å². The van der Waals surface area contributed by atoms with Crippen molar-refractivity contribution in [3.63, 3.8) is 0 Å². The Labute approximate surface area is 87.8 Å². The summed E-state index contributed by atoms with van der Waals surface area (Å²) in [6.45, 7) is 0.813. The monoisotopic (exact) mass is 211 g/mol. The minimum atomic E-state index is -0.269. The van der Waals surface area contributed by atoms with Crippen LogP contribution in [0.4, 0.5) is 0 Å². The van der Waals surface area contributed by atoms with Crippen LogP contribution in [0, 0.1) is 0 Å². The maximum Gasteiger partial charge on any atom is 0.165 e. The molecule has 2 nitrogen and oxygen atoms in total. The molecule has 1 fully saturated rings. The van der Waals surface area contributed by atoms with Crippen LogP contribution in [0.15, 0.2) is 0 Å². The molecule has 0 spiro atoms. The third-order valence-corrected chi connectivity index (χ3v) is 1.56. The maximum atomic E-state index is 10.5. The topological polar surface area (TPSA) is 31.2 Å². The van der Waals surface area contributed by atoms with Crippen LogP contribution in [0.25, 0.3) is 5.32 Å². The van der Waals surface area contributed by atoms with E-state index in [1.165, 1.54) is 0 Å². The zero-order valence-electron chi connectivity index (χ0n) is 5.92. The number of carbonyl (C=O) groups excluding carboxylic acids is 1. The van der Waals surface area contributed by atoms with E-state index in [1.807, 2.05) is 0 Å². The Bertz CT molecular complexity index is 114. The van der Waals surface area contributed by atoms with E-state index in [0.29, 0.717) is 0 Å². The molecule has 1 aliphatic heterocycles. The minimum absolute atomic E-state index is 0. The molecule has 1 unspecified atom stereocenters. The summed E-state index contributed by atoms with van der Waals surface area (Å²) < 4.78 is 0. The second kappa shape index (κ2) is 5.45. The second-order valence-electron chi connectivity index (χ2n) is 2.32. The number of hydrogen-bond donors (Lipinski definition) is 0. The van der Waals surface area contributed by atoms with Crippen molar-refractivity contribution in [2.45, 2.75) is 25.3 Å². The largest absolute Gasteiger partial charge is 0.654 e. The van der Waals surface area contributed by atoms with E-state index in [4.69, 9.17) is 7.85 Å². The fourth-order valence-electron chi connectivity index (χ4n) is 1.02. The molecule has 1 aliphatic rings. The van der Waals surface area contributed by atoms with Gasteiger partial charge in [-0.15, -0.1) is 6.54 Å². The van der Waals surface area contributed by atoms with Gasteiger partial charge in [-0.3, -0.25) is 0 Å². The quantitative estimate of drug-likeness (QED) is 0.584. The standard InChI is InChI=1S/C6H9BNO.Y/c7-6(9)5-3-1-2-4-8-5;/h5H,1-4H2;/q-1;. The van der Waals surface area contributed by atoms with Gasteiger partial charge in [0.2, 0.25) is 0 Å². The number of carbonyl (C=O) groups is 1. The summed E-state index contributed by atoms with van der Waals surface area (Å²) in [5, 5.41) is 4.05. The molecule has 0 bridgehead atoms. The third-order valence-electron chi connectivity index (χ3n) is 1.56. The van der Waals surface area contributed by atoms with Gasteiger partial charge >= 0.3 is 0 Å². The van der Waals surface area contributed by atoms with Gasteiger partial charge in [0, 0.05) is 32.7 Å². The second-order valence-corrected chi connectivity index (χ2v) is 2.32. The minimum Gasteiger partial charge on any atom is -0.654 e. The molecule has 1 rings (SSSR count). The van der Waals surface area contributed by atoms with Crippen molar-refractivity contribution >= 4 is 13.5 Å². The number of piperidine rings is 1. The normalized spacial score (nSPS) is 25.0. The molecule has 0 N–H and O–H groups in total. The van der Waals surface area contributed by atoms with Crippen LogP contribution in [-0.4, -0.2) is 26.1 Å². The van der Waals surface area contributed by atoms with Crippen LogP contribution in [0.1, 0.15) is 19.3 Å². The Balaban J connectivity index is 0.000000810. The fraction of sp³-hybridized carbons (Fsp3) is 0.833. The summed E-state index contributed by atoms with van der Waals surface area (Å²) >= 11 is 0. The Morgan fingerprint density at radius 3 is 2.50 bits per heavy atom. The molecule has 0 aromatic carbocycles. The van der Waals surface area contributed by atoms with Crippen molar-refractivity contribution in [3.05, 3.63) is 5.32 Å². The first kappa shape index (κ1) is 10.8. The average molecular weight is 211 g/mol. The summed E-state index contributed by atoms with van der Waals surface area (Å²) in [7, 11) is 5.03. The van der Waals surface area contributed by atoms with E-state index in [-0.39, 0.29) is 44.4 Å². The van der Waals surface area contributed by atoms with Gasteiger partial charge in [-0.2, -0.15) is 0 Å². The van der Waals surface area contributed by atoms with E-state index in [2.05, 4.69) is 5.32 Å². The van der Waals surface area contributed by atoms with Crippen molar-refractivity contribution in [3.8, 4) is 0 Å². The maximum absolute atomic E-state index is 10.5. The van der Waals surface area contributed by atoms with Gasteiger partial charge in [0.1, 0.15) is 0 Å². The predicted octanol–water partition coefficient (Wildman–Crippen LogP) is 0.605. The van der Waals surface area contributed by atoms with Crippen molar-refractivity contribution in [1.29, 1.82) is 0 Å². The first-order valence-electron chi connectivity index (χ1n) is 3.26. The van der Waals surface area contributed by atoms with Crippen LogP contribution in [0.3, 0.4) is 0 Å². The zero-order chi connectivity index (χ0) is 6.69. The van der Waals surface area contributed by atoms with Gasteiger partial charge in [0.15, 0.2) is 7.85 Å². The molecule has 4 heteroatoms. The Morgan fingerprint density at radius 1 is 1.50 bits per heavy atom. The van der Waals surface area contributed by atoms with E-state index >= 15 is 0 Å². The smallest absolute Gasteiger partial charge is 0.165 e. The van der Waals surface area contributed by atoms with Gasteiger partial charge in [0.25, 0.3) is 0 Å². The van der Waals surface area contributed by atoms with Gasteiger partial charge in [-0.05, 0) is 0 Å². The summed E-state index contributed by atoms with van der Waals surface area (Å²) in [6, 6.07) is -0.182. The molecule has 0 aliphatic carbocycles. The van der Waals surface area contributed by atoms with Crippen molar-refractivity contribution in [1.82, 2.24) is 0 Å². The molecular weight excluding hydrogens is 202 g/mol. The first-order chi connectivity index (χ1) is 4.30. The van der Waals surface area contributed by atoms with E-state index < -0.39 is 0 Å². The third kappa shape index (κ3) is 3.27. The van der Waals surface area contributed by atoms with Crippen LogP contribution < -0.4 is 0 Å². The molecule has 1 atom stereocenters. The Morgan fingerprint density at radius 2 is 2.20 bits per heavy atom. The molecule has 0 amide bonds. The van der Waals surface area contributed by atoms with Crippen LogP contribution in [0.5, 0.6) is 0 Å². The van der Waals surface area contributed by atoms with E-state index in [1.54, 1.807) is 0 Å². The summed E-state index contributed by atoms with van der Waals surface area (Å²) in [5.74, 6) is 0. The van der Waals surface area contributed by atoms with Gasteiger partial charge in [-0.25, -0.2) is 0 Å². The predicted molar refractivity (Wildman–Crippen MR) is 36.6 cm³/mol. The Kier molecular flexibility index (Phi) is 5.88. The van der Waals surface area contributed by atoms with E-state index in [9.17, 15) is 4.79 Å².